The van der Waals surface area contributed by atoms with E-state index in [1.165, 1.54) is 115 Å². The van der Waals surface area contributed by atoms with Gasteiger partial charge in [0.1, 0.15) is 0 Å². The molecule has 1 rings (SSSR count). The molecule has 0 heterocycles. The van der Waals surface area contributed by atoms with Crippen molar-refractivity contribution in [2.24, 2.45) is 0 Å². The van der Waals surface area contributed by atoms with Crippen LogP contribution in [0.3, 0.4) is 0 Å². The molecule has 1 aliphatic carbocycles. The Labute approximate surface area is 172 Å². The Morgan fingerprint density at radius 3 is 1.46 bits per heavy atom. The van der Waals surface area contributed by atoms with E-state index >= 15 is 0 Å². The maximum Gasteiger partial charge on any atom is 0 e. The Kier molecular flexibility index (Phi) is 20.0. The van der Waals surface area contributed by atoms with Gasteiger partial charge in [0.25, 0.3) is 0 Å². The van der Waals surface area contributed by atoms with Crippen molar-refractivity contribution in [2.75, 3.05) is 0 Å². The van der Waals surface area contributed by atoms with E-state index in [9.17, 15) is 0 Å². The van der Waals surface area contributed by atoms with E-state index < -0.39 is 0 Å². The number of allylic oxidation sites excluding steroid dienone is 4. The Hall–Kier alpha value is 0.363. The van der Waals surface area contributed by atoms with E-state index in [0.717, 1.165) is 6.42 Å². The molecule has 0 aliphatic heterocycles. The molecule has 0 fully saturated rings. The molecule has 24 heavy (non-hydrogen) atoms. The first kappa shape index (κ1) is 24.4. The molecule has 0 N–H and O–H groups in total. The smallest absolute Gasteiger partial charge is 0 e. The molecular formula is C23H41Zr-. The van der Waals surface area contributed by atoms with Gasteiger partial charge in [-0.05, 0) is 0 Å². The molecule has 0 amide bonds. The average Bonchev–Trinajstić information content (AvgIpc) is 3.08. The van der Waals surface area contributed by atoms with Crippen molar-refractivity contribution in [1.82, 2.24) is 0 Å². The molecular weight excluding hydrogens is 367 g/mol. The quantitative estimate of drug-likeness (QED) is 0.167. The van der Waals surface area contributed by atoms with Crippen molar-refractivity contribution in [3.05, 3.63) is 23.8 Å². The standard InChI is InChI=1S/C23H41.Zr/c1-2-3-4-5-6-7-8-9-10-11-12-13-14-15-16-17-20-23-21-18-19-22-23;/h18,21H,2-17,19-20H2,1H3;/q-1;. The summed E-state index contributed by atoms with van der Waals surface area (Å²) in [7, 11) is 0. The molecule has 0 nitrogen and oxygen atoms in total. The molecule has 138 valence electrons. The van der Waals surface area contributed by atoms with E-state index in [1.54, 1.807) is 0 Å². The fourth-order valence-electron chi connectivity index (χ4n) is 3.49. The fraction of sp³-hybridized carbons (Fsp3) is 0.826. The van der Waals surface area contributed by atoms with Crippen molar-refractivity contribution in [2.45, 2.75) is 122 Å². The zero-order valence-electron chi connectivity index (χ0n) is 16.4. The second-order valence-electron chi connectivity index (χ2n) is 7.36. The minimum absolute atomic E-state index is 0. The number of unbranched alkanes of at least 4 members (excludes halogenated alkanes) is 15. The summed E-state index contributed by atoms with van der Waals surface area (Å²) in [5, 5.41) is 0. The van der Waals surface area contributed by atoms with Crippen molar-refractivity contribution in [3.63, 3.8) is 0 Å². The molecule has 1 aliphatic rings. The van der Waals surface area contributed by atoms with Gasteiger partial charge < -0.3 is 0 Å². The molecule has 1 heteroatoms. The van der Waals surface area contributed by atoms with E-state index in [-0.39, 0.29) is 26.2 Å². The summed E-state index contributed by atoms with van der Waals surface area (Å²) in [5.74, 6) is 0. The minimum Gasteiger partial charge on any atom is -0.269 e. The number of rotatable bonds is 17. The molecule has 0 atom stereocenters. The molecule has 0 unspecified atom stereocenters. The summed E-state index contributed by atoms with van der Waals surface area (Å²) in [6.07, 6.45) is 33.4. The third kappa shape index (κ3) is 15.9. The van der Waals surface area contributed by atoms with Gasteiger partial charge in [-0.25, -0.2) is 11.6 Å². The van der Waals surface area contributed by atoms with Crippen molar-refractivity contribution < 1.29 is 26.2 Å². The Bertz CT molecular complexity index is 303. The molecule has 0 bridgehead atoms. The summed E-state index contributed by atoms with van der Waals surface area (Å²) < 4.78 is 0. The largest absolute Gasteiger partial charge is 0.269 e. The average molecular weight is 409 g/mol. The van der Waals surface area contributed by atoms with Crippen molar-refractivity contribution >= 4 is 0 Å². The van der Waals surface area contributed by atoms with Crippen LogP contribution in [0.2, 0.25) is 0 Å². The predicted octanol–water partition coefficient (Wildman–Crippen LogP) is 8.32. The second kappa shape index (κ2) is 19.7. The van der Waals surface area contributed by atoms with Crippen molar-refractivity contribution in [1.29, 1.82) is 0 Å². The molecule has 0 radical (unpaired) electrons. The first-order chi connectivity index (χ1) is 11.4. The first-order valence-electron chi connectivity index (χ1n) is 10.7. The van der Waals surface area contributed by atoms with Crippen LogP contribution in [0.25, 0.3) is 0 Å². The Balaban J connectivity index is 0.00000529. The molecule has 0 spiro atoms. The number of hydrogen-bond donors (Lipinski definition) is 0. The van der Waals surface area contributed by atoms with Gasteiger partial charge in [0.05, 0.1) is 0 Å². The second-order valence-corrected chi connectivity index (χ2v) is 7.36. The van der Waals surface area contributed by atoms with Crippen molar-refractivity contribution in [3.8, 4) is 0 Å². The van der Waals surface area contributed by atoms with Gasteiger partial charge in [0.2, 0.25) is 0 Å². The fourth-order valence-corrected chi connectivity index (χ4v) is 3.49. The van der Waals surface area contributed by atoms with Gasteiger partial charge in [-0.1, -0.05) is 116 Å². The molecule has 0 saturated carbocycles. The van der Waals surface area contributed by atoms with Gasteiger partial charge in [0, 0.05) is 26.2 Å². The minimum atomic E-state index is 0. The van der Waals surface area contributed by atoms with Gasteiger partial charge in [-0.15, -0.1) is 6.42 Å². The van der Waals surface area contributed by atoms with Gasteiger partial charge in [0.15, 0.2) is 0 Å². The maximum absolute atomic E-state index is 3.41. The molecule has 0 aromatic rings. The third-order valence-electron chi connectivity index (χ3n) is 5.07. The van der Waals surface area contributed by atoms with Gasteiger partial charge in [-0.3, -0.25) is 6.08 Å². The molecule has 0 saturated heterocycles. The first-order valence-corrected chi connectivity index (χ1v) is 10.7. The predicted molar refractivity (Wildman–Crippen MR) is 105 cm³/mol. The summed E-state index contributed by atoms with van der Waals surface area (Å²) in [6.45, 7) is 2.30. The zero-order valence-corrected chi connectivity index (χ0v) is 18.8. The normalized spacial score (nSPS) is 13.1. The SMILES string of the molecule is CCCCCCCCCCCCCCCCCCC1=[C-]CC=C1.[Zr]. The number of hydrogen-bond acceptors (Lipinski definition) is 0. The van der Waals surface area contributed by atoms with Crippen LogP contribution in [-0.4, -0.2) is 0 Å². The van der Waals surface area contributed by atoms with E-state index in [2.05, 4.69) is 25.2 Å². The Morgan fingerprint density at radius 2 is 1.08 bits per heavy atom. The van der Waals surface area contributed by atoms with Crippen LogP contribution in [0.15, 0.2) is 17.7 Å². The summed E-state index contributed by atoms with van der Waals surface area (Å²) >= 11 is 0. The van der Waals surface area contributed by atoms with Gasteiger partial charge in [-0.2, -0.15) is 6.08 Å². The van der Waals surface area contributed by atoms with Crippen LogP contribution in [0.1, 0.15) is 122 Å². The van der Waals surface area contributed by atoms with E-state index in [0.29, 0.717) is 0 Å². The van der Waals surface area contributed by atoms with E-state index in [1.807, 2.05) is 0 Å². The third-order valence-corrected chi connectivity index (χ3v) is 5.07. The van der Waals surface area contributed by atoms with Crippen LogP contribution in [-0.2, 0) is 26.2 Å². The zero-order chi connectivity index (χ0) is 16.4. The van der Waals surface area contributed by atoms with Crippen LogP contribution in [0.4, 0.5) is 0 Å². The maximum atomic E-state index is 3.41. The summed E-state index contributed by atoms with van der Waals surface area (Å²) in [5.41, 5.74) is 1.45. The van der Waals surface area contributed by atoms with Crippen LogP contribution in [0.5, 0.6) is 0 Å². The monoisotopic (exact) mass is 407 g/mol. The molecule has 0 aromatic heterocycles. The van der Waals surface area contributed by atoms with Crippen LogP contribution < -0.4 is 0 Å². The topological polar surface area (TPSA) is 0 Å². The Morgan fingerprint density at radius 1 is 0.667 bits per heavy atom. The summed E-state index contributed by atoms with van der Waals surface area (Å²) in [4.78, 5) is 0. The molecule has 0 aromatic carbocycles. The van der Waals surface area contributed by atoms with E-state index in [4.69, 9.17) is 0 Å². The van der Waals surface area contributed by atoms with Crippen LogP contribution >= 0.6 is 0 Å². The summed E-state index contributed by atoms with van der Waals surface area (Å²) in [6, 6.07) is 0. The van der Waals surface area contributed by atoms with Crippen LogP contribution in [0, 0.1) is 6.08 Å². The van der Waals surface area contributed by atoms with Gasteiger partial charge >= 0.3 is 0 Å².